The lowest BCUT2D eigenvalue weighted by molar-refractivity contribution is -0.137. The average molecular weight is 310 g/mol. The van der Waals surface area contributed by atoms with Gasteiger partial charge in [-0.1, -0.05) is 55.1 Å². The molecule has 0 unspecified atom stereocenters. The lowest BCUT2D eigenvalue weighted by atomic mass is 10.1. The van der Waals surface area contributed by atoms with Crippen LogP contribution in [0.3, 0.4) is 0 Å². The number of benzene rings is 2. The molecule has 2 rings (SSSR count). The molecule has 23 heavy (non-hydrogen) atoms. The van der Waals surface area contributed by atoms with Gasteiger partial charge in [-0.05, 0) is 30.9 Å². The van der Waals surface area contributed by atoms with Crippen molar-refractivity contribution in [3.8, 4) is 16.9 Å². The van der Waals surface area contributed by atoms with Crippen LogP contribution in [0.4, 0.5) is 0 Å². The molecule has 0 aliphatic carbocycles. The van der Waals surface area contributed by atoms with E-state index in [1.807, 2.05) is 36.4 Å². The van der Waals surface area contributed by atoms with E-state index in [0.717, 1.165) is 36.1 Å². The second kappa shape index (κ2) is 9.46. The van der Waals surface area contributed by atoms with Crippen molar-refractivity contribution in [3.63, 3.8) is 0 Å². The highest BCUT2D eigenvalue weighted by Gasteiger charge is 2.05. The van der Waals surface area contributed by atoms with Gasteiger partial charge in [-0.2, -0.15) is 0 Å². The quantitative estimate of drug-likeness (QED) is 0.385. The molecule has 2 aromatic rings. The third-order valence-electron chi connectivity index (χ3n) is 3.43. The highest BCUT2D eigenvalue weighted by molar-refractivity contribution is 5.81. The molecule has 0 bridgehead atoms. The Bertz CT molecular complexity index is 620. The van der Waals surface area contributed by atoms with Crippen LogP contribution in [0.15, 0.2) is 67.3 Å². The summed E-state index contributed by atoms with van der Waals surface area (Å²) in [6, 6.07) is 18.3. The van der Waals surface area contributed by atoms with E-state index in [9.17, 15) is 4.79 Å². The van der Waals surface area contributed by atoms with Gasteiger partial charge >= 0.3 is 5.97 Å². The summed E-state index contributed by atoms with van der Waals surface area (Å²) in [5.41, 5.74) is 2.26. The van der Waals surface area contributed by atoms with E-state index in [1.54, 1.807) is 0 Å². The predicted octanol–water partition coefficient (Wildman–Crippen LogP) is 4.63. The summed E-state index contributed by atoms with van der Waals surface area (Å²) in [6.07, 6.45) is 3.90. The number of esters is 1. The lowest BCUT2D eigenvalue weighted by Crippen LogP contribution is -2.03. The van der Waals surface area contributed by atoms with Crippen molar-refractivity contribution < 1.29 is 14.3 Å². The molecule has 0 aromatic heterocycles. The molecule has 0 radical (unpaired) electrons. The van der Waals surface area contributed by atoms with Crippen LogP contribution < -0.4 is 4.74 Å². The van der Waals surface area contributed by atoms with E-state index in [1.165, 1.54) is 6.08 Å². The van der Waals surface area contributed by atoms with Crippen LogP contribution in [0.2, 0.25) is 0 Å². The first-order chi connectivity index (χ1) is 11.3. The van der Waals surface area contributed by atoms with Crippen molar-refractivity contribution in [3.05, 3.63) is 67.3 Å². The first-order valence-electron chi connectivity index (χ1n) is 7.87. The molecule has 3 nitrogen and oxygen atoms in total. The molecule has 0 saturated carbocycles. The first kappa shape index (κ1) is 16.8. The molecule has 0 N–H and O–H groups in total. The Morgan fingerprint density at radius 1 is 0.913 bits per heavy atom. The molecule has 0 spiro atoms. The third kappa shape index (κ3) is 5.62. The van der Waals surface area contributed by atoms with Crippen molar-refractivity contribution in [2.24, 2.45) is 0 Å². The topological polar surface area (TPSA) is 35.5 Å². The fraction of sp³-hybridized carbons (Fsp3) is 0.250. The molecule has 2 aromatic carbocycles. The Morgan fingerprint density at radius 3 is 2.39 bits per heavy atom. The SMILES string of the molecule is C=CC(=O)OCCCCCOc1ccccc1-c1ccccc1. The summed E-state index contributed by atoms with van der Waals surface area (Å²) in [5.74, 6) is 0.537. The molecule has 0 aliphatic heterocycles. The van der Waals surface area contributed by atoms with E-state index in [-0.39, 0.29) is 5.97 Å². The van der Waals surface area contributed by atoms with Gasteiger partial charge in [0, 0.05) is 11.6 Å². The molecule has 0 amide bonds. The van der Waals surface area contributed by atoms with Gasteiger partial charge < -0.3 is 9.47 Å². The standard InChI is InChI=1S/C20H22O3/c1-2-20(21)23-16-10-4-9-15-22-19-14-8-7-13-18(19)17-11-5-3-6-12-17/h2-3,5-8,11-14H,1,4,9-10,15-16H2. The van der Waals surface area contributed by atoms with Crippen LogP contribution in [0, 0.1) is 0 Å². The number of hydrogen-bond acceptors (Lipinski definition) is 3. The zero-order chi connectivity index (χ0) is 16.3. The minimum Gasteiger partial charge on any atom is -0.493 e. The Morgan fingerprint density at radius 2 is 1.61 bits per heavy atom. The van der Waals surface area contributed by atoms with E-state index in [0.29, 0.717) is 13.2 Å². The molecular formula is C20H22O3. The fourth-order valence-electron chi connectivity index (χ4n) is 2.24. The number of rotatable bonds is 9. The van der Waals surface area contributed by atoms with Crippen LogP contribution >= 0.6 is 0 Å². The Labute approximate surface area is 137 Å². The van der Waals surface area contributed by atoms with E-state index in [4.69, 9.17) is 9.47 Å². The smallest absolute Gasteiger partial charge is 0.330 e. The molecule has 0 fully saturated rings. The van der Waals surface area contributed by atoms with Crippen molar-refractivity contribution in [2.45, 2.75) is 19.3 Å². The minimum absolute atomic E-state index is 0.363. The average Bonchev–Trinajstić information content (AvgIpc) is 2.61. The maximum atomic E-state index is 10.9. The highest BCUT2D eigenvalue weighted by Crippen LogP contribution is 2.29. The van der Waals surface area contributed by atoms with E-state index >= 15 is 0 Å². The van der Waals surface area contributed by atoms with Crippen molar-refractivity contribution in [1.29, 1.82) is 0 Å². The number of ether oxygens (including phenoxy) is 2. The third-order valence-corrected chi connectivity index (χ3v) is 3.43. The highest BCUT2D eigenvalue weighted by atomic mass is 16.5. The Balaban J connectivity index is 1.76. The molecular weight excluding hydrogens is 288 g/mol. The zero-order valence-electron chi connectivity index (χ0n) is 13.2. The Kier molecular flexibility index (Phi) is 6.92. The summed E-state index contributed by atoms with van der Waals surface area (Å²) < 4.78 is 10.9. The molecule has 0 saturated heterocycles. The number of unbranched alkanes of at least 4 members (excludes halogenated alkanes) is 2. The lowest BCUT2D eigenvalue weighted by Gasteiger charge is -2.11. The van der Waals surface area contributed by atoms with Crippen LogP contribution in [0.1, 0.15) is 19.3 Å². The van der Waals surface area contributed by atoms with Crippen LogP contribution in [-0.2, 0) is 9.53 Å². The van der Waals surface area contributed by atoms with Crippen molar-refractivity contribution >= 4 is 5.97 Å². The normalized spacial score (nSPS) is 10.1. The minimum atomic E-state index is -0.363. The first-order valence-corrected chi connectivity index (χ1v) is 7.87. The van der Waals surface area contributed by atoms with Crippen molar-refractivity contribution in [1.82, 2.24) is 0 Å². The van der Waals surface area contributed by atoms with Gasteiger partial charge in [0.05, 0.1) is 13.2 Å². The second-order valence-electron chi connectivity index (χ2n) is 5.14. The number of carbonyl (C=O) groups excluding carboxylic acids is 1. The number of hydrogen-bond donors (Lipinski definition) is 0. The second-order valence-corrected chi connectivity index (χ2v) is 5.14. The monoisotopic (exact) mass is 310 g/mol. The molecule has 0 heterocycles. The van der Waals surface area contributed by atoms with Crippen LogP contribution in [-0.4, -0.2) is 19.2 Å². The summed E-state index contributed by atoms with van der Waals surface area (Å²) in [4.78, 5) is 10.9. The number of para-hydroxylation sites is 1. The maximum Gasteiger partial charge on any atom is 0.330 e. The van der Waals surface area contributed by atoms with Gasteiger partial charge in [0.25, 0.3) is 0 Å². The van der Waals surface area contributed by atoms with E-state index in [2.05, 4.69) is 24.8 Å². The summed E-state index contributed by atoms with van der Waals surface area (Å²) >= 11 is 0. The summed E-state index contributed by atoms with van der Waals surface area (Å²) in [5, 5.41) is 0. The summed E-state index contributed by atoms with van der Waals surface area (Å²) in [6.45, 7) is 4.45. The van der Waals surface area contributed by atoms with Gasteiger partial charge in [-0.15, -0.1) is 0 Å². The zero-order valence-corrected chi connectivity index (χ0v) is 13.2. The maximum absolute atomic E-state index is 10.9. The van der Waals surface area contributed by atoms with Gasteiger partial charge in [0.2, 0.25) is 0 Å². The fourth-order valence-corrected chi connectivity index (χ4v) is 2.24. The largest absolute Gasteiger partial charge is 0.493 e. The molecule has 0 aliphatic rings. The van der Waals surface area contributed by atoms with Crippen LogP contribution in [0.25, 0.3) is 11.1 Å². The summed E-state index contributed by atoms with van der Waals surface area (Å²) in [7, 11) is 0. The van der Waals surface area contributed by atoms with Crippen molar-refractivity contribution in [2.75, 3.05) is 13.2 Å². The molecule has 3 heteroatoms. The van der Waals surface area contributed by atoms with Gasteiger partial charge in [0.15, 0.2) is 0 Å². The number of carbonyl (C=O) groups is 1. The van der Waals surface area contributed by atoms with Gasteiger partial charge in [0.1, 0.15) is 5.75 Å². The molecule has 0 atom stereocenters. The predicted molar refractivity (Wildman–Crippen MR) is 92.4 cm³/mol. The Hall–Kier alpha value is -2.55. The molecule has 120 valence electrons. The van der Waals surface area contributed by atoms with Gasteiger partial charge in [-0.25, -0.2) is 4.79 Å². The van der Waals surface area contributed by atoms with E-state index < -0.39 is 0 Å². The van der Waals surface area contributed by atoms with Crippen LogP contribution in [0.5, 0.6) is 5.75 Å². The van der Waals surface area contributed by atoms with Gasteiger partial charge in [-0.3, -0.25) is 0 Å².